The normalized spacial score (nSPS) is 10.9. The van der Waals surface area contributed by atoms with Crippen molar-refractivity contribution < 1.29 is 0 Å². The maximum Gasteiger partial charge on any atom is 0.137 e. The predicted octanol–water partition coefficient (Wildman–Crippen LogP) is 4.15. The molecule has 0 aliphatic heterocycles. The van der Waals surface area contributed by atoms with E-state index in [-0.39, 0.29) is 5.41 Å². The van der Waals surface area contributed by atoms with E-state index in [2.05, 4.69) is 58.1 Å². The van der Waals surface area contributed by atoms with Crippen molar-refractivity contribution in [3.05, 3.63) is 46.3 Å². The Hall–Kier alpha value is -1.93. The minimum absolute atomic E-state index is 0.144. The molecule has 0 aliphatic rings. The minimum Gasteiger partial charge on any atom is -0.339 e. The summed E-state index contributed by atoms with van der Waals surface area (Å²) in [5, 5.41) is 12.3. The Bertz CT molecular complexity index is 668. The second-order valence-corrected chi connectivity index (χ2v) is 6.24. The average molecular weight is 331 g/mol. The highest BCUT2D eigenvalue weighted by Crippen LogP contribution is 2.25. The van der Waals surface area contributed by atoms with Crippen LogP contribution in [0.3, 0.4) is 0 Å². The van der Waals surface area contributed by atoms with Crippen LogP contribution in [0.1, 0.15) is 32.2 Å². The van der Waals surface area contributed by atoms with Crippen molar-refractivity contribution in [3.8, 4) is 6.07 Å². The lowest BCUT2D eigenvalue weighted by Gasteiger charge is -2.18. The van der Waals surface area contributed by atoms with E-state index in [1.807, 2.05) is 18.2 Å². The number of benzene rings is 1. The van der Waals surface area contributed by atoms with Crippen molar-refractivity contribution in [1.82, 2.24) is 9.97 Å². The number of nitrogens with one attached hydrogen (secondary N) is 1. The molecule has 1 aromatic carbocycles. The summed E-state index contributed by atoms with van der Waals surface area (Å²) in [7, 11) is 0. The Morgan fingerprint density at radius 3 is 2.55 bits per heavy atom. The van der Waals surface area contributed by atoms with Crippen LogP contribution in [0.15, 0.2) is 34.9 Å². The van der Waals surface area contributed by atoms with E-state index in [0.717, 1.165) is 16.1 Å². The van der Waals surface area contributed by atoms with Crippen LogP contribution in [0.2, 0.25) is 0 Å². The third-order valence-corrected chi connectivity index (χ3v) is 3.08. The molecule has 1 heterocycles. The van der Waals surface area contributed by atoms with Crippen molar-refractivity contribution in [2.24, 2.45) is 0 Å². The van der Waals surface area contributed by atoms with E-state index < -0.39 is 0 Å². The van der Waals surface area contributed by atoms with Crippen LogP contribution in [0.5, 0.6) is 0 Å². The van der Waals surface area contributed by atoms with Gasteiger partial charge in [0.2, 0.25) is 0 Å². The van der Waals surface area contributed by atoms with Crippen molar-refractivity contribution in [2.45, 2.75) is 26.2 Å². The van der Waals surface area contributed by atoms with E-state index in [1.165, 1.54) is 0 Å². The number of rotatable bonds is 2. The zero-order valence-electron chi connectivity index (χ0n) is 11.6. The molecule has 102 valence electrons. The smallest absolute Gasteiger partial charge is 0.137 e. The van der Waals surface area contributed by atoms with Gasteiger partial charge in [0.05, 0.1) is 11.3 Å². The first-order valence-corrected chi connectivity index (χ1v) is 7.00. The van der Waals surface area contributed by atoms with Gasteiger partial charge in [0.15, 0.2) is 0 Å². The van der Waals surface area contributed by atoms with Crippen molar-refractivity contribution in [1.29, 1.82) is 5.26 Å². The van der Waals surface area contributed by atoms with Crippen LogP contribution in [0.25, 0.3) is 0 Å². The molecule has 0 fully saturated rings. The number of aromatic nitrogens is 2. The summed E-state index contributed by atoms with van der Waals surface area (Å²) in [6, 6.07) is 11.3. The van der Waals surface area contributed by atoms with Crippen LogP contribution in [0.4, 0.5) is 11.5 Å². The van der Waals surface area contributed by atoms with Gasteiger partial charge in [-0.1, -0.05) is 32.9 Å². The summed E-state index contributed by atoms with van der Waals surface area (Å²) in [4.78, 5) is 8.90. The van der Waals surface area contributed by atoms with Gasteiger partial charge in [-0.2, -0.15) is 5.26 Å². The fourth-order valence-electron chi connectivity index (χ4n) is 1.64. The minimum atomic E-state index is -0.144. The number of hydrogen-bond acceptors (Lipinski definition) is 4. The summed E-state index contributed by atoms with van der Waals surface area (Å²) in [5.41, 5.74) is 1.18. The molecule has 0 radical (unpaired) electrons. The van der Waals surface area contributed by atoms with Crippen LogP contribution in [-0.2, 0) is 5.41 Å². The standard InChI is InChI=1S/C15H15BrN4/c1-15(2,3)14-19-12(16)8-13(20-14)18-11-7-5-4-6-10(11)9-17/h4-8H,1-3H3,(H,18,19,20). The summed E-state index contributed by atoms with van der Waals surface area (Å²) in [6.45, 7) is 6.17. The van der Waals surface area contributed by atoms with E-state index in [0.29, 0.717) is 11.4 Å². The van der Waals surface area contributed by atoms with Gasteiger partial charge >= 0.3 is 0 Å². The quantitative estimate of drug-likeness (QED) is 0.840. The van der Waals surface area contributed by atoms with E-state index in [1.54, 1.807) is 12.1 Å². The molecule has 1 aromatic heterocycles. The lowest BCUT2D eigenvalue weighted by atomic mass is 9.96. The first-order valence-electron chi connectivity index (χ1n) is 6.21. The van der Waals surface area contributed by atoms with Gasteiger partial charge in [-0.15, -0.1) is 0 Å². The molecular weight excluding hydrogens is 316 g/mol. The molecule has 0 unspecified atom stereocenters. The number of hydrogen-bond donors (Lipinski definition) is 1. The summed E-state index contributed by atoms with van der Waals surface area (Å²) >= 11 is 3.40. The number of para-hydroxylation sites is 1. The van der Waals surface area contributed by atoms with Crippen molar-refractivity contribution >= 4 is 27.4 Å². The second-order valence-electron chi connectivity index (χ2n) is 5.43. The monoisotopic (exact) mass is 330 g/mol. The van der Waals surface area contributed by atoms with Gasteiger partial charge in [-0.3, -0.25) is 0 Å². The van der Waals surface area contributed by atoms with E-state index in [4.69, 9.17) is 5.26 Å². The first-order chi connectivity index (χ1) is 9.40. The molecule has 0 saturated heterocycles. The molecule has 0 saturated carbocycles. The Labute approximate surface area is 127 Å². The van der Waals surface area contributed by atoms with Gasteiger partial charge in [-0.05, 0) is 28.1 Å². The first kappa shape index (κ1) is 14.5. The third-order valence-electron chi connectivity index (χ3n) is 2.68. The van der Waals surface area contributed by atoms with Gasteiger partial charge in [0, 0.05) is 11.5 Å². The van der Waals surface area contributed by atoms with Crippen molar-refractivity contribution in [2.75, 3.05) is 5.32 Å². The van der Waals surface area contributed by atoms with Crippen LogP contribution in [-0.4, -0.2) is 9.97 Å². The molecule has 1 N–H and O–H groups in total. The molecule has 2 rings (SSSR count). The lowest BCUT2D eigenvalue weighted by Crippen LogP contribution is -2.17. The molecule has 20 heavy (non-hydrogen) atoms. The summed E-state index contributed by atoms with van der Waals surface area (Å²) in [5.74, 6) is 1.41. The topological polar surface area (TPSA) is 61.6 Å². The maximum atomic E-state index is 9.10. The number of halogens is 1. The molecule has 5 heteroatoms. The number of anilines is 2. The summed E-state index contributed by atoms with van der Waals surface area (Å²) in [6.07, 6.45) is 0. The van der Waals surface area contributed by atoms with Gasteiger partial charge in [0.1, 0.15) is 22.3 Å². The molecule has 4 nitrogen and oxygen atoms in total. The Balaban J connectivity index is 2.40. The number of nitriles is 1. The largest absolute Gasteiger partial charge is 0.339 e. The SMILES string of the molecule is CC(C)(C)c1nc(Br)cc(Nc2ccccc2C#N)n1. The maximum absolute atomic E-state index is 9.10. The average Bonchev–Trinajstić information content (AvgIpc) is 2.37. The fourth-order valence-corrected chi connectivity index (χ4v) is 2.03. The van der Waals surface area contributed by atoms with E-state index in [9.17, 15) is 0 Å². The fraction of sp³-hybridized carbons (Fsp3) is 0.267. The molecule has 0 atom stereocenters. The second kappa shape index (κ2) is 5.59. The third kappa shape index (κ3) is 3.34. The predicted molar refractivity (Wildman–Crippen MR) is 82.9 cm³/mol. The van der Waals surface area contributed by atoms with Crippen molar-refractivity contribution in [3.63, 3.8) is 0 Å². The molecule has 0 spiro atoms. The van der Waals surface area contributed by atoms with Crippen LogP contribution >= 0.6 is 15.9 Å². The highest BCUT2D eigenvalue weighted by Gasteiger charge is 2.19. The van der Waals surface area contributed by atoms with E-state index >= 15 is 0 Å². The Kier molecular flexibility index (Phi) is 4.05. The molecule has 0 bridgehead atoms. The van der Waals surface area contributed by atoms with Gasteiger partial charge in [-0.25, -0.2) is 9.97 Å². The van der Waals surface area contributed by atoms with Crippen LogP contribution < -0.4 is 5.32 Å². The highest BCUT2D eigenvalue weighted by molar-refractivity contribution is 9.10. The molecule has 0 amide bonds. The van der Waals surface area contributed by atoms with Gasteiger partial charge < -0.3 is 5.32 Å². The molecule has 2 aromatic rings. The number of nitrogens with zero attached hydrogens (tertiary/aromatic N) is 3. The van der Waals surface area contributed by atoms with Gasteiger partial charge in [0.25, 0.3) is 0 Å². The Morgan fingerprint density at radius 1 is 1.20 bits per heavy atom. The highest BCUT2D eigenvalue weighted by atomic mass is 79.9. The lowest BCUT2D eigenvalue weighted by molar-refractivity contribution is 0.544. The zero-order chi connectivity index (χ0) is 14.8. The van der Waals surface area contributed by atoms with Crippen LogP contribution in [0, 0.1) is 11.3 Å². The Morgan fingerprint density at radius 2 is 1.90 bits per heavy atom. The molecular formula is C15H15BrN4. The zero-order valence-corrected chi connectivity index (χ0v) is 13.2. The molecule has 0 aliphatic carbocycles. The summed E-state index contributed by atoms with van der Waals surface area (Å²) < 4.78 is 0.717.